The molecule has 2 atom stereocenters. The summed E-state index contributed by atoms with van der Waals surface area (Å²) < 4.78 is 0. The van der Waals surface area contributed by atoms with Crippen molar-refractivity contribution < 1.29 is 9.90 Å². The number of hydrogen-bond donors (Lipinski definition) is 2. The van der Waals surface area contributed by atoms with E-state index in [4.69, 9.17) is 0 Å². The van der Waals surface area contributed by atoms with Crippen LogP contribution in [0.2, 0.25) is 0 Å². The molecule has 1 fully saturated rings. The Bertz CT molecular complexity index is 233. The van der Waals surface area contributed by atoms with Crippen LogP contribution >= 0.6 is 0 Å². The quantitative estimate of drug-likeness (QED) is 0.658. The molecule has 2 unspecified atom stereocenters. The monoisotopic (exact) mass is 242 g/mol. The number of unbranched alkanes of at least 4 members (excludes halogenated alkanes) is 2. The van der Waals surface area contributed by atoms with E-state index in [1.54, 1.807) is 0 Å². The van der Waals surface area contributed by atoms with Gasteiger partial charge in [-0.25, -0.2) is 0 Å². The minimum absolute atomic E-state index is 0.220. The highest BCUT2D eigenvalue weighted by Gasteiger charge is 2.32. The Morgan fingerprint density at radius 3 is 2.82 bits per heavy atom. The number of nitrogens with one attached hydrogen (secondary N) is 1. The summed E-state index contributed by atoms with van der Waals surface area (Å²) in [5, 5.41) is 12.7. The van der Waals surface area contributed by atoms with Gasteiger partial charge in [0, 0.05) is 19.0 Å². The molecule has 0 radical (unpaired) electrons. The van der Waals surface area contributed by atoms with Crippen molar-refractivity contribution in [2.45, 2.75) is 57.6 Å². The number of likely N-dealkylation sites (tertiary alicyclic amines) is 1. The van der Waals surface area contributed by atoms with E-state index < -0.39 is 0 Å². The zero-order valence-corrected chi connectivity index (χ0v) is 11.1. The summed E-state index contributed by atoms with van der Waals surface area (Å²) in [6.45, 7) is 3.64. The van der Waals surface area contributed by atoms with Crippen LogP contribution in [-0.4, -0.2) is 48.2 Å². The summed E-state index contributed by atoms with van der Waals surface area (Å²) in [5.74, 6) is 0.220. The number of nitrogens with zero attached hydrogens (tertiary/aromatic N) is 1. The summed E-state index contributed by atoms with van der Waals surface area (Å²) in [4.78, 5) is 13.9. The van der Waals surface area contributed by atoms with Crippen molar-refractivity contribution in [3.8, 4) is 0 Å². The number of carbonyl (C=O) groups excluding carboxylic acids is 1. The van der Waals surface area contributed by atoms with Crippen molar-refractivity contribution in [2.24, 2.45) is 0 Å². The lowest BCUT2D eigenvalue weighted by Gasteiger charge is -2.23. The maximum atomic E-state index is 12.0. The van der Waals surface area contributed by atoms with E-state index in [1.807, 2.05) is 11.9 Å². The Kier molecular flexibility index (Phi) is 6.52. The van der Waals surface area contributed by atoms with Crippen LogP contribution in [0.4, 0.5) is 0 Å². The van der Waals surface area contributed by atoms with Gasteiger partial charge in [0.05, 0.1) is 6.10 Å². The Labute approximate surface area is 104 Å². The van der Waals surface area contributed by atoms with Gasteiger partial charge >= 0.3 is 0 Å². The van der Waals surface area contributed by atoms with E-state index in [0.717, 1.165) is 38.6 Å². The number of aliphatic hydroxyl groups excluding tert-OH is 1. The highest BCUT2D eigenvalue weighted by molar-refractivity contribution is 5.76. The molecular formula is C13H26N2O2. The highest BCUT2D eigenvalue weighted by Crippen LogP contribution is 2.21. The van der Waals surface area contributed by atoms with E-state index in [1.165, 1.54) is 0 Å². The lowest BCUT2D eigenvalue weighted by atomic mass is 10.1. The van der Waals surface area contributed by atoms with Crippen LogP contribution in [0, 0.1) is 0 Å². The average molecular weight is 242 g/mol. The lowest BCUT2D eigenvalue weighted by molar-refractivity contribution is -0.132. The maximum absolute atomic E-state index is 12.0. The van der Waals surface area contributed by atoms with Crippen LogP contribution in [0.3, 0.4) is 0 Å². The molecule has 0 saturated carbocycles. The first kappa shape index (κ1) is 14.5. The van der Waals surface area contributed by atoms with Gasteiger partial charge in [0.2, 0.25) is 5.91 Å². The van der Waals surface area contributed by atoms with Crippen LogP contribution in [0.1, 0.15) is 45.4 Å². The minimum atomic E-state index is -0.312. The number of β-amino-alcohol motifs (C(OH)–C–C–N with tert-alkyl or cyclic N) is 1. The van der Waals surface area contributed by atoms with Crippen molar-refractivity contribution in [3.05, 3.63) is 0 Å². The Morgan fingerprint density at radius 2 is 2.18 bits per heavy atom. The zero-order chi connectivity index (χ0) is 12.7. The number of carbonyl (C=O) groups is 1. The van der Waals surface area contributed by atoms with Gasteiger partial charge in [0.1, 0.15) is 0 Å². The second-order valence-electron chi connectivity index (χ2n) is 4.91. The van der Waals surface area contributed by atoms with Gasteiger partial charge in [-0.2, -0.15) is 0 Å². The molecule has 0 aliphatic carbocycles. The molecule has 0 aromatic rings. The highest BCUT2D eigenvalue weighted by atomic mass is 16.3. The summed E-state index contributed by atoms with van der Waals surface area (Å²) in [7, 11) is 1.95. The fourth-order valence-corrected chi connectivity index (χ4v) is 2.48. The van der Waals surface area contributed by atoms with Gasteiger partial charge in [-0.15, -0.1) is 0 Å². The van der Waals surface area contributed by atoms with Gasteiger partial charge in [0.25, 0.3) is 0 Å². The predicted octanol–water partition coefficient (Wildman–Crippen LogP) is 1.14. The molecule has 0 aromatic heterocycles. The standard InChI is InChI=1S/C13H26N2O2/c1-3-11-9-12(16)10-15(11)13(17)7-5-4-6-8-14-2/h11-12,14,16H,3-10H2,1-2H3. The fraction of sp³-hybridized carbons (Fsp3) is 0.923. The van der Waals surface area contributed by atoms with Crippen LogP contribution in [0.25, 0.3) is 0 Å². The zero-order valence-electron chi connectivity index (χ0n) is 11.1. The number of rotatable bonds is 7. The molecule has 2 N–H and O–H groups in total. The third kappa shape index (κ3) is 4.64. The maximum Gasteiger partial charge on any atom is 0.222 e. The Hall–Kier alpha value is -0.610. The van der Waals surface area contributed by atoms with E-state index in [2.05, 4.69) is 12.2 Å². The van der Waals surface area contributed by atoms with Gasteiger partial charge in [-0.1, -0.05) is 13.3 Å². The van der Waals surface area contributed by atoms with Crippen LogP contribution < -0.4 is 5.32 Å². The second-order valence-corrected chi connectivity index (χ2v) is 4.91. The molecule has 4 nitrogen and oxygen atoms in total. The van der Waals surface area contributed by atoms with E-state index >= 15 is 0 Å². The minimum Gasteiger partial charge on any atom is -0.391 e. The summed E-state index contributed by atoms with van der Waals surface area (Å²) >= 11 is 0. The molecule has 1 amide bonds. The molecule has 1 saturated heterocycles. The van der Waals surface area contributed by atoms with Crippen LogP contribution in [0.5, 0.6) is 0 Å². The second kappa shape index (κ2) is 7.67. The Morgan fingerprint density at radius 1 is 1.41 bits per heavy atom. The van der Waals surface area contributed by atoms with E-state index in [0.29, 0.717) is 13.0 Å². The van der Waals surface area contributed by atoms with E-state index in [9.17, 15) is 9.90 Å². The smallest absolute Gasteiger partial charge is 0.222 e. The van der Waals surface area contributed by atoms with Gasteiger partial charge in [-0.3, -0.25) is 4.79 Å². The summed E-state index contributed by atoms with van der Waals surface area (Å²) in [6.07, 6.45) is 5.21. The average Bonchev–Trinajstić information content (AvgIpc) is 2.70. The largest absolute Gasteiger partial charge is 0.391 e. The van der Waals surface area contributed by atoms with Gasteiger partial charge < -0.3 is 15.3 Å². The Balaban J connectivity index is 2.22. The number of amides is 1. The molecule has 0 spiro atoms. The molecule has 1 aliphatic heterocycles. The molecule has 4 heteroatoms. The summed E-state index contributed by atoms with van der Waals surface area (Å²) in [5.41, 5.74) is 0. The van der Waals surface area contributed by atoms with E-state index in [-0.39, 0.29) is 18.1 Å². The molecule has 1 rings (SSSR count). The van der Waals surface area contributed by atoms with Crippen molar-refractivity contribution in [1.82, 2.24) is 10.2 Å². The first-order valence-electron chi connectivity index (χ1n) is 6.81. The van der Waals surface area contributed by atoms with Gasteiger partial charge in [-0.05, 0) is 39.3 Å². The third-order valence-corrected chi connectivity index (χ3v) is 3.50. The lowest BCUT2D eigenvalue weighted by Crippen LogP contribution is -2.35. The SMILES string of the molecule is CCC1CC(O)CN1C(=O)CCCCCNC. The topological polar surface area (TPSA) is 52.6 Å². The summed E-state index contributed by atoms with van der Waals surface area (Å²) in [6, 6.07) is 0.259. The van der Waals surface area contributed by atoms with Crippen molar-refractivity contribution in [1.29, 1.82) is 0 Å². The molecule has 0 aromatic carbocycles. The van der Waals surface area contributed by atoms with Crippen LogP contribution in [-0.2, 0) is 4.79 Å². The molecular weight excluding hydrogens is 216 g/mol. The van der Waals surface area contributed by atoms with Crippen molar-refractivity contribution in [2.75, 3.05) is 20.1 Å². The molecule has 1 aliphatic rings. The number of aliphatic hydroxyl groups is 1. The predicted molar refractivity (Wildman–Crippen MR) is 68.8 cm³/mol. The molecule has 0 bridgehead atoms. The molecule has 1 heterocycles. The fourth-order valence-electron chi connectivity index (χ4n) is 2.48. The molecule has 100 valence electrons. The van der Waals surface area contributed by atoms with Crippen molar-refractivity contribution in [3.63, 3.8) is 0 Å². The first-order chi connectivity index (χ1) is 8.19. The van der Waals surface area contributed by atoms with Gasteiger partial charge in [0.15, 0.2) is 0 Å². The molecule has 17 heavy (non-hydrogen) atoms. The number of hydrogen-bond acceptors (Lipinski definition) is 3. The normalized spacial score (nSPS) is 24.3. The third-order valence-electron chi connectivity index (χ3n) is 3.50. The van der Waals surface area contributed by atoms with Crippen molar-refractivity contribution >= 4 is 5.91 Å². The van der Waals surface area contributed by atoms with Crippen LogP contribution in [0.15, 0.2) is 0 Å². The first-order valence-corrected chi connectivity index (χ1v) is 6.81.